The Bertz CT molecular complexity index is 1750. The molecule has 5 heterocycles. The molecule has 1 fully saturated rings. The van der Waals surface area contributed by atoms with E-state index in [4.69, 9.17) is 9.97 Å². The lowest BCUT2D eigenvalue weighted by Crippen LogP contribution is -2.32. The van der Waals surface area contributed by atoms with E-state index in [2.05, 4.69) is 78.9 Å². The molecule has 0 amide bonds. The SMILES string of the molecule is CNc1c(-c2ccccc2)c(-c2ccc(CN3CCC(c4n[nH]c(-c5ccccn5)n4)CC3)cc2)nc2nccn12. The zero-order valence-corrected chi connectivity index (χ0v) is 22.9. The third kappa shape index (κ3) is 4.96. The van der Waals surface area contributed by atoms with Crippen molar-refractivity contribution in [2.75, 3.05) is 25.5 Å². The second-order valence-electron chi connectivity index (χ2n) is 10.4. The van der Waals surface area contributed by atoms with Crippen molar-refractivity contribution < 1.29 is 0 Å². The molecule has 9 heteroatoms. The van der Waals surface area contributed by atoms with Crippen LogP contribution in [0, 0.1) is 0 Å². The maximum absolute atomic E-state index is 4.98. The summed E-state index contributed by atoms with van der Waals surface area (Å²) in [5.74, 6) is 3.64. The summed E-state index contributed by atoms with van der Waals surface area (Å²) < 4.78 is 2.00. The van der Waals surface area contributed by atoms with Crippen molar-refractivity contribution in [3.8, 4) is 33.9 Å². The summed E-state index contributed by atoms with van der Waals surface area (Å²) in [6.07, 6.45) is 7.59. The second kappa shape index (κ2) is 10.9. The minimum absolute atomic E-state index is 0.365. The molecular formula is C32H31N9. The maximum atomic E-state index is 4.98. The molecule has 1 saturated heterocycles. The van der Waals surface area contributed by atoms with Crippen LogP contribution < -0.4 is 5.32 Å². The Morgan fingerprint density at radius 2 is 1.66 bits per heavy atom. The van der Waals surface area contributed by atoms with Crippen LogP contribution in [0.5, 0.6) is 0 Å². The summed E-state index contributed by atoms with van der Waals surface area (Å²) in [7, 11) is 1.94. The highest BCUT2D eigenvalue weighted by Crippen LogP contribution is 2.37. The Morgan fingerprint density at radius 1 is 0.854 bits per heavy atom. The van der Waals surface area contributed by atoms with Gasteiger partial charge in [-0.3, -0.25) is 19.4 Å². The van der Waals surface area contributed by atoms with Crippen LogP contribution in [0.25, 0.3) is 39.7 Å². The Morgan fingerprint density at radius 3 is 2.41 bits per heavy atom. The molecule has 2 aromatic carbocycles. The number of fused-ring (bicyclic) bond motifs is 1. The number of H-pyrrole nitrogens is 1. The fourth-order valence-corrected chi connectivity index (χ4v) is 5.72. The molecule has 0 atom stereocenters. The quantitative estimate of drug-likeness (QED) is 0.269. The monoisotopic (exact) mass is 541 g/mol. The number of benzene rings is 2. The average molecular weight is 542 g/mol. The lowest BCUT2D eigenvalue weighted by atomic mass is 9.95. The number of nitrogens with one attached hydrogen (secondary N) is 2. The number of piperidine rings is 1. The summed E-state index contributed by atoms with van der Waals surface area (Å²) in [6.45, 7) is 2.95. The average Bonchev–Trinajstić information content (AvgIpc) is 3.72. The normalized spacial score (nSPS) is 14.5. The van der Waals surface area contributed by atoms with Crippen molar-refractivity contribution in [3.63, 3.8) is 0 Å². The molecule has 0 saturated carbocycles. The van der Waals surface area contributed by atoms with E-state index in [9.17, 15) is 0 Å². The van der Waals surface area contributed by atoms with Gasteiger partial charge in [-0.15, -0.1) is 0 Å². The summed E-state index contributed by atoms with van der Waals surface area (Å²) >= 11 is 0. The van der Waals surface area contributed by atoms with E-state index in [0.29, 0.717) is 11.7 Å². The minimum atomic E-state index is 0.365. The Kier molecular flexibility index (Phi) is 6.70. The van der Waals surface area contributed by atoms with Crippen LogP contribution in [0.3, 0.4) is 0 Å². The highest BCUT2D eigenvalue weighted by Gasteiger charge is 2.24. The number of aromatic nitrogens is 7. The fraction of sp³-hybridized carbons (Fsp3) is 0.219. The number of rotatable bonds is 7. The molecule has 9 nitrogen and oxygen atoms in total. The molecule has 4 aromatic heterocycles. The third-order valence-corrected chi connectivity index (χ3v) is 7.84. The van der Waals surface area contributed by atoms with Gasteiger partial charge in [0.25, 0.3) is 0 Å². The Balaban J connectivity index is 1.07. The van der Waals surface area contributed by atoms with Crippen molar-refractivity contribution >= 4 is 11.6 Å². The number of aromatic amines is 1. The van der Waals surface area contributed by atoms with Gasteiger partial charge >= 0.3 is 0 Å². The van der Waals surface area contributed by atoms with Crippen LogP contribution >= 0.6 is 0 Å². The van der Waals surface area contributed by atoms with Crippen LogP contribution in [-0.2, 0) is 6.54 Å². The van der Waals surface area contributed by atoms with E-state index in [-0.39, 0.29) is 0 Å². The molecule has 0 unspecified atom stereocenters. The Hall–Kier alpha value is -4.89. The predicted molar refractivity (Wildman–Crippen MR) is 160 cm³/mol. The van der Waals surface area contributed by atoms with Crippen molar-refractivity contribution in [1.29, 1.82) is 0 Å². The van der Waals surface area contributed by atoms with Crippen molar-refractivity contribution in [1.82, 2.24) is 39.4 Å². The first kappa shape index (κ1) is 25.1. The van der Waals surface area contributed by atoms with Gasteiger partial charge in [-0.2, -0.15) is 5.10 Å². The summed E-state index contributed by atoms with van der Waals surface area (Å²) in [4.78, 5) is 21.1. The van der Waals surface area contributed by atoms with Crippen LogP contribution in [0.2, 0.25) is 0 Å². The van der Waals surface area contributed by atoms with Gasteiger partial charge in [0, 0.05) is 49.2 Å². The Labute approximate surface area is 238 Å². The number of nitrogens with zero attached hydrogens (tertiary/aromatic N) is 7. The number of pyridine rings is 1. The first-order valence-electron chi connectivity index (χ1n) is 14.0. The highest BCUT2D eigenvalue weighted by atomic mass is 15.2. The number of hydrogen-bond acceptors (Lipinski definition) is 7. The smallest absolute Gasteiger partial charge is 0.235 e. The molecule has 0 radical (unpaired) electrons. The molecule has 41 heavy (non-hydrogen) atoms. The second-order valence-corrected chi connectivity index (χ2v) is 10.4. The lowest BCUT2D eigenvalue weighted by molar-refractivity contribution is 0.202. The van der Waals surface area contributed by atoms with Crippen molar-refractivity contribution in [2.45, 2.75) is 25.3 Å². The molecule has 7 rings (SSSR count). The zero-order valence-electron chi connectivity index (χ0n) is 22.9. The molecule has 0 spiro atoms. The molecule has 2 N–H and O–H groups in total. The molecule has 0 aliphatic carbocycles. The maximum Gasteiger partial charge on any atom is 0.235 e. The van der Waals surface area contributed by atoms with E-state index in [1.165, 1.54) is 5.56 Å². The largest absolute Gasteiger partial charge is 0.374 e. The van der Waals surface area contributed by atoms with Gasteiger partial charge in [0.15, 0.2) is 11.6 Å². The van der Waals surface area contributed by atoms with E-state index in [0.717, 1.165) is 78.0 Å². The van der Waals surface area contributed by atoms with E-state index in [1.54, 1.807) is 12.4 Å². The van der Waals surface area contributed by atoms with Gasteiger partial charge in [0.05, 0.1) is 5.69 Å². The number of anilines is 1. The highest BCUT2D eigenvalue weighted by molar-refractivity contribution is 5.89. The first-order chi connectivity index (χ1) is 20.3. The predicted octanol–water partition coefficient (Wildman–Crippen LogP) is 5.66. The van der Waals surface area contributed by atoms with E-state index in [1.807, 2.05) is 41.9 Å². The minimum Gasteiger partial charge on any atom is -0.374 e. The molecule has 1 aliphatic heterocycles. The summed E-state index contributed by atoms with van der Waals surface area (Å²) in [6, 6.07) is 25.0. The summed E-state index contributed by atoms with van der Waals surface area (Å²) in [5, 5.41) is 11.0. The van der Waals surface area contributed by atoms with E-state index >= 15 is 0 Å². The third-order valence-electron chi connectivity index (χ3n) is 7.84. The molecule has 6 aromatic rings. The van der Waals surface area contributed by atoms with E-state index < -0.39 is 0 Å². The van der Waals surface area contributed by atoms with Gasteiger partial charge in [0.2, 0.25) is 5.78 Å². The van der Waals surface area contributed by atoms with Crippen LogP contribution in [0.15, 0.2) is 91.4 Å². The summed E-state index contributed by atoms with van der Waals surface area (Å²) in [5.41, 5.74) is 6.28. The number of hydrogen-bond donors (Lipinski definition) is 2. The standard InChI is InChI=1S/C32H31N9/c1-33-31-27(23-7-3-2-4-8-23)28(36-32-35-17-20-41(31)32)24-12-10-22(11-13-24)21-40-18-14-25(15-19-40)29-37-30(39-38-29)26-9-5-6-16-34-26/h2-13,16-17,20,25,33H,14-15,18-19,21H2,1H3,(H,37,38,39). The van der Waals surface area contributed by atoms with Gasteiger partial charge in [0.1, 0.15) is 11.5 Å². The van der Waals surface area contributed by atoms with Gasteiger partial charge in [-0.05, 0) is 49.2 Å². The number of imidazole rings is 1. The van der Waals surface area contributed by atoms with Crippen LogP contribution in [-0.4, -0.2) is 59.6 Å². The lowest BCUT2D eigenvalue weighted by Gasteiger charge is -2.30. The van der Waals surface area contributed by atoms with Gasteiger partial charge in [-0.1, -0.05) is 60.7 Å². The van der Waals surface area contributed by atoms with Crippen LogP contribution in [0.4, 0.5) is 5.82 Å². The van der Waals surface area contributed by atoms with Crippen molar-refractivity contribution in [3.05, 3.63) is 103 Å². The van der Waals surface area contributed by atoms with Gasteiger partial charge in [-0.25, -0.2) is 15.0 Å². The fourth-order valence-electron chi connectivity index (χ4n) is 5.72. The van der Waals surface area contributed by atoms with Gasteiger partial charge < -0.3 is 5.32 Å². The number of likely N-dealkylation sites (tertiary alicyclic amines) is 1. The topological polar surface area (TPSA) is 99.9 Å². The molecular weight excluding hydrogens is 510 g/mol. The molecule has 1 aliphatic rings. The zero-order chi connectivity index (χ0) is 27.6. The van der Waals surface area contributed by atoms with Crippen molar-refractivity contribution in [2.24, 2.45) is 0 Å². The molecule has 204 valence electrons. The first-order valence-corrected chi connectivity index (χ1v) is 14.0. The van der Waals surface area contributed by atoms with Crippen LogP contribution in [0.1, 0.15) is 30.1 Å². The molecule has 0 bridgehead atoms.